The number of hydrogen-bond donors (Lipinski definition) is 1. The molecule has 0 saturated carbocycles. The molecule has 0 fully saturated rings. The van der Waals surface area contributed by atoms with Crippen molar-refractivity contribution >= 4 is 11.8 Å². The first-order valence-electron chi connectivity index (χ1n) is 10.8. The van der Waals surface area contributed by atoms with E-state index >= 15 is 0 Å². The smallest absolute Gasteiger partial charge is 0.251 e. The Morgan fingerprint density at radius 1 is 1.00 bits per heavy atom. The molecule has 1 aromatic heterocycles. The molecule has 0 radical (unpaired) electrons. The molecule has 2 amide bonds. The molecule has 6 heteroatoms. The van der Waals surface area contributed by atoms with Crippen LogP contribution in [-0.2, 0) is 16.8 Å². The molecule has 1 N–H and O–H groups in total. The van der Waals surface area contributed by atoms with Crippen LogP contribution in [0.25, 0.3) is 5.69 Å². The average molecular weight is 433 g/mol. The maximum atomic E-state index is 12.7. The third-order valence-electron chi connectivity index (χ3n) is 5.68. The maximum Gasteiger partial charge on any atom is 0.251 e. The van der Waals surface area contributed by atoms with Crippen molar-refractivity contribution in [3.05, 3.63) is 82.7 Å². The number of nitrogens with zero attached hydrogens (tertiary/aromatic N) is 3. The van der Waals surface area contributed by atoms with E-state index in [2.05, 4.69) is 31.2 Å². The lowest BCUT2D eigenvalue weighted by molar-refractivity contribution is -0.129. The minimum atomic E-state index is -0.253. The van der Waals surface area contributed by atoms with Crippen LogP contribution < -0.4 is 5.32 Å². The molecule has 1 heterocycles. The highest BCUT2D eigenvalue weighted by Gasteiger charge is 2.18. The van der Waals surface area contributed by atoms with E-state index in [0.29, 0.717) is 12.1 Å². The van der Waals surface area contributed by atoms with E-state index in [4.69, 9.17) is 0 Å². The maximum absolute atomic E-state index is 12.7. The monoisotopic (exact) mass is 432 g/mol. The minimum Gasteiger partial charge on any atom is -0.343 e. The van der Waals surface area contributed by atoms with Crippen molar-refractivity contribution in [2.24, 2.45) is 0 Å². The first-order valence-corrected chi connectivity index (χ1v) is 10.8. The number of carbonyl (C=O) groups is 2. The van der Waals surface area contributed by atoms with Gasteiger partial charge in [-0.15, -0.1) is 0 Å². The number of rotatable bonds is 6. The SMILES string of the molecule is Cc1nn(-c2ccccc2)c(C)c1CN(C)C(=O)CNC(=O)c1ccc(C(C)(C)C)cc1. The van der Waals surface area contributed by atoms with Crippen LogP contribution in [0.15, 0.2) is 54.6 Å². The molecular weight excluding hydrogens is 400 g/mol. The first kappa shape index (κ1) is 23.3. The summed E-state index contributed by atoms with van der Waals surface area (Å²) in [6.07, 6.45) is 0. The summed E-state index contributed by atoms with van der Waals surface area (Å²) in [6, 6.07) is 17.4. The quantitative estimate of drug-likeness (QED) is 0.636. The van der Waals surface area contributed by atoms with E-state index in [1.54, 1.807) is 24.1 Å². The zero-order valence-corrected chi connectivity index (χ0v) is 19.8. The fraction of sp³-hybridized carbons (Fsp3) is 0.346. The number of aromatic nitrogens is 2. The van der Waals surface area contributed by atoms with Gasteiger partial charge in [-0.3, -0.25) is 9.59 Å². The lowest BCUT2D eigenvalue weighted by atomic mass is 9.87. The van der Waals surface area contributed by atoms with E-state index in [0.717, 1.165) is 28.2 Å². The van der Waals surface area contributed by atoms with Crippen molar-refractivity contribution in [3.63, 3.8) is 0 Å². The van der Waals surface area contributed by atoms with Gasteiger partial charge in [-0.05, 0) is 49.1 Å². The Hall–Kier alpha value is -3.41. The van der Waals surface area contributed by atoms with Crippen LogP contribution >= 0.6 is 0 Å². The average Bonchev–Trinajstić information content (AvgIpc) is 3.05. The summed E-state index contributed by atoms with van der Waals surface area (Å²) in [5.74, 6) is -0.410. The Labute approximate surface area is 190 Å². The van der Waals surface area contributed by atoms with Crippen LogP contribution in [0.3, 0.4) is 0 Å². The normalized spacial score (nSPS) is 11.3. The Bertz CT molecular complexity index is 1090. The number of amides is 2. The van der Waals surface area contributed by atoms with Crippen LogP contribution in [0.1, 0.15) is 53.6 Å². The Balaban J connectivity index is 1.61. The number of carbonyl (C=O) groups excluding carboxylic acids is 2. The highest BCUT2D eigenvalue weighted by atomic mass is 16.2. The largest absolute Gasteiger partial charge is 0.343 e. The van der Waals surface area contributed by atoms with Gasteiger partial charge >= 0.3 is 0 Å². The second-order valence-electron chi connectivity index (χ2n) is 9.16. The van der Waals surface area contributed by atoms with E-state index in [-0.39, 0.29) is 23.8 Å². The third-order valence-corrected chi connectivity index (χ3v) is 5.68. The molecule has 0 aliphatic rings. The van der Waals surface area contributed by atoms with Gasteiger partial charge in [0, 0.05) is 30.4 Å². The molecule has 0 saturated heterocycles. The summed E-state index contributed by atoms with van der Waals surface area (Å²) >= 11 is 0. The fourth-order valence-electron chi connectivity index (χ4n) is 3.56. The Morgan fingerprint density at radius 3 is 2.22 bits per heavy atom. The molecule has 168 valence electrons. The summed E-state index contributed by atoms with van der Waals surface area (Å²) < 4.78 is 1.89. The van der Waals surface area contributed by atoms with Gasteiger partial charge in [-0.2, -0.15) is 5.10 Å². The van der Waals surface area contributed by atoms with Crippen LogP contribution in [0, 0.1) is 13.8 Å². The molecule has 0 atom stereocenters. The highest BCUT2D eigenvalue weighted by Crippen LogP contribution is 2.22. The molecule has 0 unspecified atom stereocenters. The molecule has 0 aliphatic carbocycles. The van der Waals surface area contributed by atoms with Gasteiger partial charge in [-0.1, -0.05) is 51.1 Å². The zero-order chi connectivity index (χ0) is 23.5. The van der Waals surface area contributed by atoms with E-state index in [1.807, 2.05) is 61.0 Å². The Kier molecular flexibility index (Phi) is 6.82. The Morgan fingerprint density at radius 2 is 1.62 bits per heavy atom. The summed E-state index contributed by atoms with van der Waals surface area (Å²) in [4.78, 5) is 26.7. The van der Waals surface area contributed by atoms with Crippen molar-refractivity contribution in [2.75, 3.05) is 13.6 Å². The molecule has 32 heavy (non-hydrogen) atoms. The number of benzene rings is 2. The predicted molar refractivity (Wildman–Crippen MR) is 127 cm³/mol. The van der Waals surface area contributed by atoms with Crippen molar-refractivity contribution in [1.82, 2.24) is 20.0 Å². The minimum absolute atomic E-state index is 0.0261. The lowest BCUT2D eigenvalue weighted by Crippen LogP contribution is -2.38. The van der Waals surface area contributed by atoms with E-state index in [9.17, 15) is 9.59 Å². The van der Waals surface area contributed by atoms with Crippen molar-refractivity contribution < 1.29 is 9.59 Å². The summed E-state index contributed by atoms with van der Waals surface area (Å²) in [5, 5.41) is 7.37. The van der Waals surface area contributed by atoms with Crippen molar-refractivity contribution in [1.29, 1.82) is 0 Å². The standard InChI is InChI=1S/C26H32N4O2/c1-18-23(19(2)30(28-18)22-10-8-7-9-11-22)17-29(6)24(31)16-27-25(32)20-12-14-21(15-13-20)26(3,4)5/h7-15H,16-17H2,1-6H3,(H,27,32). The van der Waals surface area contributed by atoms with Gasteiger partial charge < -0.3 is 10.2 Å². The number of hydrogen-bond acceptors (Lipinski definition) is 3. The van der Waals surface area contributed by atoms with Gasteiger partial charge in [-0.25, -0.2) is 4.68 Å². The summed E-state index contributed by atoms with van der Waals surface area (Å²) in [7, 11) is 1.74. The van der Waals surface area contributed by atoms with Gasteiger partial charge in [0.05, 0.1) is 17.9 Å². The molecule has 2 aromatic carbocycles. The number of para-hydroxylation sites is 1. The second-order valence-corrected chi connectivity index (χ2v) is 9.16. The lowest BCUT2D eigenvalue weighted by Gasteiger charge is -2.19. The molecule has 0 bridgehead atoms. The summed E-state index contributed by atoms with van der Waals surface area (Å²) in [5.41, 5.74) is 5.60. The molecule has 6 nitrogen and oxygen atoms in total. The van der Waals surface area contributed by atoms with Crippen molar-refractivity contribution in [3.8, 4) is 5.69 Å². The van der Waals surface area contributed by atoms with Gasteiger partial charge in [0.15, 0.2) is 0 Å². The summed E-state index contributed by atoms with van der Waals surface area (Å²) in [6.45, 7) is 10.7. The molecule has 3 aromatic rings. The number of aryl methyl sites for hydroxylation is 1. The second kappa shape index (κ2) is 9.39. The molecule has 0 spiro atoms. The van der Waals surface area contributed by atoms with Crippen LogP contribution in [0.2, 0.25) is 0 Å². The van der Waals surface area contributed by atoms with Gasteiger partial charge in [0.1, 0.15) is 0 Å². The molecule has 3 rings (SSSR count). The van der Waals surface area contributed by atoms with Crippen molar-refractivity contribution in [2.45, 2.75) is 46.6 Å². The molecular formula is C26H32N4O2. The predicted octanol–water partition coefficient (Wildman–Crippen LogP) is 4.18. The number of likely N-dealkylation sites (N-methyl/N-ethyl adjacent to an activating group) is 1. The van der Waals surface area contributed by atoms with Gasteiger partial charge in [0.25, 0.3) is 5.91 Å². The highest BCUT2D eigenvalue weighted by molar-refractivity contribution is 5.96. The van der Waals surface area contributed by atoms with Crippen LogP contribution in [0.5, 0.6) is 0 Å². The van der Waals surface area contributed by atoms with E-state index in [1.165, 1.54) is 0 Å². The molecule has 0 aliphatic heterocycles. The topological polar surface area (TPSA) is 67.2 Å². The van der Waals surface area contributed by atoms with Crippen LogP contribution in [0.4, 0.5) is 0 Å². The zero-order valence-electron chi connectivity index (χ0n) is 19.8. The number of nitrogens with one attached hydrogen (secondary N) is 1. The van der Waals surface area contributed by atoms with Crippen LogP contribution in [-0.4, -0.2) is 40.1 Å². The van der Waals surface area contributed by atoms with E-state index < -0.39 is 0 Å². The fourth-order valence-corrected chi connectivity index (χ4v) is 3.56. The third kappa shape index (κ3) is 5.25. The first-order chi connectivity index (χ1) is 15.1. The van der Waals surface area contributed by atoms with Gasteiger partial charge in [0.2, 0.25) is 5.91 Å².